The van der Waals surface area contributed by atoms with E-state index in [9.17, 15) is 0 Å². The molecule has 0 saturated heterocycles. The van der Waals surface area contributed by atoms with Crippen molar-refractivity contribution in [2.24, 2.45) is 7.05 Å². The Labute approximate surface area is 124 Å². The highest BCUT2D eigenvalue weighted by Crippen LogP contribution is 2.23. The number of nitrogens with two attached hydrogens (primary N) is 1. The number of anilines is 1. The number of nitrogen functional groups attached to an aromatic ring is 1. The fraction of sp³-hybridized carbons (Fsp3) is 0.235. The second kappa shape index (κ2) is 5.13. The van der Waals surface area contributed by atoms with E-state index >= 15 is 0 Å². The summed E-state index contributed by atoms with van der Waals surface area (Å²) in [5.74, 6) is 1.76. The van der Waals surface area contributed by atoms with Gasteiger partial charge in [0.15, 0.2) is 0 Å². The molecule has 21 heavy (non-hydrogen) atoms. The Morgan fingerprint density at radius 1 is 1.19 bits per heavy atom. The van der Waals surface area contributed by atoms with E-state index < -0.39 is 0 Å². The first-order chi connectivity index (χ1) is 10.1. The molecule has 1 aromatic heterocycles. The molecule has 1 heterocycles. The van der Waals surface area contributed by atoms with Crippen LogP contribution in [0, 0.1) is 13.8 Å². The van der Waals surface area contributed by atoms with Crippen molar-refractivity contribution < 1.29 is 4.74 Å². The molecule has 2 N–H and O–H groups in total. The maximum absolute atomic E-state index is 5.97. The van der Waals surface area contributed by atoms with Gasteiger partial charge in [-0.1, -0.05) is 18.2 Å². The number of imidazole rings is 1. The van der Waals surface area contributed by atoms with Gasteiger partial charge in [0.1, 0.15) is 23.7 Å². The van der Waals surface area contributed by atoms with Gasteiger partial charge in [-0.3, -0.25) is 0 Å². The number of benzene rings is 2. The minimum Gasteiger partial charge on any atom is -0.485 e. The lowest BCUT2D eigenvalue weighted by Gasteiger charge is -2.09. The molecule has 0 amide bonds. The molecule has 4 nitrogen and oxygen atoms in total. The van der Waals surface area contributed by atoms with Crippen LogP contribution < -0.4 is 10.5 Å². The van der Waals surface area contributed by atoms with Gasteiger partial charge in [-0.2, -0.15) is 0 Å². The van der Waals surface area contributed by atoms with E-state index in [1.54, 1.807) is 0 Å². The highest BCUT2D eigenvalue weighted by molar-refractivity contribution is 5.87. The molecule has 0 saturated carbocycles. The molecule has 3 aromatic rings. The smallest absolute Gasteiger partial charge is 0.147 e. The lowest BCUT2D eigenvalue weighted by molar-refractivity contribution is 0.290. The highest BCUT2D eigenvalue weighted by atomic mass is 16.5. The summed E-state index contributed by atoms with van der Waals surface area (Å²) in [6.45, 7) is 4.53. The topological polar surface area (TPSA) is 53.1 Å². The number of ether oxygens (including phenoxy) is 1. The first kappa shape index (κ1) is 13.5. The average molecular weight is 281 g/mol. The van der Waals surface area contributed by atoms with E-state index in [0.717, 1.165) is 28.2 Å². The van der Waals surface area contributed by atoms with Crippen LogP contribution >= 0.6 is 0 Å². The van der Waals surface area contributed by atoms with Crippen LogP contribution in [0.2, 0.25) is 0 Å². The second-order valence-corrected chi connectivity index (χ2v) is 5.36. The van der Waals surface area contributed by atoms with E-state index in [-0.39, 0.29) is 0 Å². The zero-order valence-corrected chi connectivity index (χ0v) is 12.6. The molecular formula is C17H19N3O. The van der Waals surface area contributed by atoms with Crippen LogP contribution in [-0.4, -0.2) is 9.55 Å². The summed E-state index contributed by atoms with van der Waals surface area (Å²) < 4.78 is 7.95. The predicted molar refractivity (Wildman–Crippen MR) is 85.4 cm³/mol. The number of rotatable bonds is 3. The largest absolute Gasteiger partial charge is 0.485 e. The minimum atomic E-state index is 0.426. The Balaban J connectivity index is 1.90. The molecule has 0 aliphatic carbocycles. The van der Waals surface area contributed by atoms with E-state index in [0.29, 0.717) is 12.3 Å². The minimum absolute atomic E-state index is 0.426. The highest BCUT2D eigenvalue weighted by Gasteiger charge is 2.10. The maximum Gasteiger partial charge on any atom is 0.147 e. The van der Waals surface area contributed by atoms with Gasteiger partial charge < -0.3 is 15.0 Å². The van der Waals surface area contributed by atoms with Crippen LogP contribution in [0.15, 0.2) is 36.4 Å². The monoisotopic (exact) mass is 281 g/mol. The lowest BCUT2D eigenvalue weighted by atomic mass is 10.1. The van der Waals surface area contributed by atoms with Gasteiger partial charge in [0.05, 0.1) is 11.2 Å². The summed E-state index contributed by atoms with van der Waals surface area (Å²) in [6.07, 6.45) is 0. The van der Waals surface area contributed by atoms with Gasteiger partial charge in [-0.05, 0) is 43.2 Å². The maximum atomic E-state index is 5.97. The molecule has 4 heteroatoms. The van der Waals surface area contributed by atoms with Crippen molar-refractivity contribution in [3.05, 3.63) is 53.3 Å². The van der Waals surface area contributed by atoms with Crippen molar-refractivity contribution in [3.63, 3.8) is 0 Å². The van der Waals surface area contributed by atoms with Gasteiger partial charge in [-0.25, -0.2) is 4.98 Å². The van der Waals surface area contributed by atoms with Crippen LogP contribution in [0.25, 0.3) is 11.0 Å². The van der Waals surface area contributed by atoms with E-state index in [4.69, 9.17) is 10.5 Å². The third-order valence-electron chi connectivity index (χ3n) is 3.74. The number of para-hydroxylation sites is 1. The molecule has 0 radical (unpaired) electrons. The number of hydrogen-bond donors (Lipinski definition) is 1. The Bertz CT molecular complexity index is 805. The van der Waals surface area contributed by atoms with E-state index in [1.165, 1.54) is 5.56 Å². The number of aromatic nitrogens is 2. The summed E-state index contributed by atoms with van der Waals surface area (Å²) in [5.41, 5.74) is 10.8. The van der Waals surface area contributed by atoms with Gasteiger partial charge in [0.2, 0.25) is 0 Å². The SMILES string of the molecule is Cc1ccc(C)c(OCc2nc3c(N)cccc3n2C)c1. The van der Waals surface area contributed by atoms with Crippen molar-refractivity contribution in [1.82, 2.24) is 9.55 Å². The van der Waals surface area contributed by atoms with Gasteiger partial charge in [0.25, 0.3) is 0 Å². The zero-order valence-electron chi connectivity index (χ0n) is 12.6. The van der Waals surface area contributed by atoms with Gasteiger partial charge >= 0.3 is 0 Å². The summed E-state index contributed by atoms with van der Waals surface area (Å²) in [6, 6.07) is 12.0. The van der Waals surface area contributed by atoms with Crippen molar-refractivity contribution in [1.29, 1.82) is 0 Å². The fourth-order valence-corrected chi connectivity index (χ4v) is 2.42. The van der Waals surface area contributed by atoms with Crippen LogP contribution in [0.4, 0.5) is 5.69 Å². The summed E-state index contributed by atoms with van der Waals surface area (Å²) in [5, 5.41) is 0. The van der Waals surface area contributed by atoms with Crippen LogP contribution in [0.1, 0.15) is 17.0 Å². The number of nitrogens with zero attached hydrogens (tertiary/aromatic N) is 2. The molecule has 0 atom stereocenters. The van der Waals surface area contributed by atoms with Crippen molar-refractivity contribution in [3.8, 4) is 5.75 Å². The number of aryl methyl sites for hydroxylation is 3. The van der Waals surface area contributed by atoms with E-state index in [2.05, 4.69) is 24.0 Å². The Hall–Kier alpha value is -2.49. The molecular weight excluding hydrogens is 262 g/mol. The Morgan fingerprint density at radius 3 is 2.76 bits per heavy atom. The first-order valence-electron chi connectivity index (χ1n) is 6.96. The van der Waals surface area contributed by atoms with Crippen LogP contribution in [0.3, 0.4) is 0 Å². The Kier molecular flexibility index (Phi) is 3.29. The van der Waals surface area contributed by atoms with Crippen LogP contribution in [0.5, 0.6) is 5.75 Å². The van der Waals surface area contributed by atoms with Gasteiger partial charge in [0, 0.05) is 7.05 Å². The Morgan fingerprint density at radius 2 is 2.00 bits per heavy atom. The molecule has 0 aliphatic heterocycles. The molecule has 0 bridgehead atoms. The van der Waals surface area contributed by atoms with Gasteiger partial charge in [-0.15, -0.1) is 0 Å². The summed E-state index contributed by atoms with van der Waals surface area (Å²) in [7, 11) is 1.98. The van der Waals surface area contributed by atoms with Crippen LogP contribution in [-0.2, 0) is 13.7 Å². The summed E-state index contributed by atoms with van der Waals surface area (Å²) in [4.78, 5) is 4.59. The van der Waals surface area contributed by atoms with Crippen molar-refractivity contribution >= 4 is 16.7 Å². The quantitative estimate of drug-likeness (QED) is 0.749. The van der Waals surface area contributed by atoms with Crippen molar-refractivity contribution in [2.45, 2.75) is 20.5 Å². The van der Waals surface area contributed by atoms with E-state index in [1.807, 2.05) is 42.8 Å². The molecule has 0 unspecified atom stereocenters. The average Bonchev–Trinajstić information content (AvgIpc) is 2.79. The number of fused-ring (bicyclic) bond motifs is 1. The molecule has 0 aliphatic rings. The lowest BCUT2D eigenvalue weighted by Crippen LogP contribution is -2.04. The van der Waals surface area contributed by atoms with Crippen molar-refractivity contribution in [2.75, 3.05) is 5.73 Å². The summed E-state index contributed by atoms with van der Waals surface area (Å²) >= 11 is 0. The normalized spacial score (nSPS) is 11.0. The molecule has 108 valence electrons. The third kappa shape index (κ3) is 2.44. The standard InChI is InChI=1S/C17H19N3O/c1-11-7-8-12(2)15(9-11)21-10-16-19-17-13(18)5-4-6-14(17)20(16)3/h4-9H,10,18H2,1-3H3. The second-order valence-electron chi connectivity index (χ2n) is 5.36. The molecule has 2 aromatic carbocycles. The molecule has 3 rings (SSSR count). The molecule has 0 spiro atoms. The number of hydrogen-bond acceptors (Lipinski definition) is 3. The predicted octanol–water partition coefficient (Wildman–Crippen LogP) is 3.35. The zero-order chi connectivity index (χ0) is 15.0. The third-order valence-corrected chi connectivity index (χ3v) is 3.74. The molecule has 0 fully saturated rings. The fourth-order valence-electron chi connectivity index (χ4n) is 2.42. The first-order valence-corrected chi connectivity index (χ1v) is 6.96.